The summed E-state index contributed by atoms with van der Waals surface area (Å²) in [6, 6.07) is 17.3. The van der Waals surface area contributed by atoms with Crippen molar-refractivity contribution in [2.45, 2.75) is 25.4 Å². The van der Waals surface area contributed by atoms with Crippen LogP contribution in [-0.2, 0) is 19.4 Å². The standard InChI is InChI=1S/C24H24N4O3/c1-27-13-12-17-16-9-5-6-10-18(16)25-20(17)21(27)19-22(29)26-24(31)28(23(19)30)14-11-15-7-3-2-4-8-15/h2-10,21,25,30H,11-14H2,1H3,(H,26,29,31)/t21-/m1/s1. The van der Waals surface area contributed by atoms with Gasteiger partial charge in [-0.05, 0) is 37.1 Å². The van der Waals surface area contributed by atoms with Crippen LogP contribution in [0.1, 0.15) is 28.4 Å². The fraction of sp³-hybridized carbons (Fsp3) is 0.250. The zero-order valence-electron chi connectivity index (χ0n) is 17.3. The summed E-state index contributed by atoms with van der Waals surface area (Å²) < 4.78 is 1.26. The highest BCUT2D eigenvalue weighted by Crippen LogP contribution is 2.38. The topological polar surface area (TPSA) is 94.1 Å². The Hall–Kier alpha value is -3.58. The summed E-state index contributed by atoms with van der Waals surface area (Å²) in [6.07, 6.45) is 1.41. The van der Waals surface area contributed by atoms with Crippen molar-refractivity contribution in [1.29, 1.82) is 0 Å². The van der Waals surface area contributed by atoms with E-state index in [-0.39, 0.29) is 18.0 Å². The summed E-state index contributed by atoms with van der Waals surface area (Å²) in [6.45, 7) is 1.01. The van der Waals surface area contributed by atoms with Gasteiger partial charge in [0.2, 0.25) is 5.88 Å². The monoisotopic (exact) mass is 416 g/mol. The van der Waals surface area contributed by atoms with Gasteiger partial charge in [0.05, 0.1) is 6.04 Å². The first-order valence-electron chi connectivity index (χ1n) is 10.4. The quantitative estimate of drug-likeness (QED) is 0.477. The van der Waals surface area contributed by atoms with Gasteiger partial charge in [-0.2, -0.15) is 0 Å². The Balaban J connectivity index is 1.62. The predicted molar refractivity (Wildman–Crippen MR) is 120 cm³/mol. The van der Waals surface area contributed by atoms with Crippen LogP contribution in [-0.4, -0.2) is 38.1 Å². The molecule has 2 aromatic heterocycles. The summed E-state index contributed by atoms with van der Waals surface area (Å²) >= 11 is 0. The maximum absolute atomic E-state index is 12.9. The van der Waals surface area contributed by atoms with Crippen LogP contribution in [0, 0.1) is 0 Å². The van der Waals surface area contributed by atoms with Crippen LogP contribution in [0.15, 0.2) is 64.2 Å². The van der Waals surface area contributed by atoms with E-state index in [0.717, 1.165) is 40.7 Å². The van der Waals surface area contributed by atoms with Crippen molar-refractivity contribution in [2.75, 3.05) is 13.6 Å². The lowest BCUT2D eigenvalue weighted by Crippen LogP contribution is -2.40. The minimum absolute atomic E-state index is 0.197. The molecule has 3 N–H and O–H groups in total. The average molecular weight is 416 g/mol. The van der Waals surface area contributed by atoms with E-state index in [9.17, 15) is 14.7 Å². The predicted octanol–water partition coefficient (Wildman–Crippen LogP) is 2.54. The number of para-hydroxylation sites is 1. The summed E-state index contributed by atoms with van der Waals surface area (Å²) in [4.78, 5) is 33.3. The van der Waals surface area contributed by atoms with E-state index in [4.69, 9.17) is 0 Å². The van der Waals surface area contributed by atoms with Crippen molar-refractivity contribution in [3.8, 4) is 5.88 Å². The van der Waals surface area contributed by atoms with Crippen molar-refractivity contribution in [3.63, 3.8) is 0 Å². The van der Waals surface area contributed by atoms with Crippen LogP contribution < -0.4 is 11.2 Å². The first-order chi connectivity index (χ1) is 15.0. The summed E-state index contributed by atoms with van der Waals surface area (Å²) in [5.74, 6) is -0.270. The molecule has 7 heteroatoms. The van der Waals surface area contributed by atoms with Gasteiger partial charge >= 0.3 is 5.69 Å². The molecule has 0 saturated heterocycles. The Bertz CT molecular complexity index is 1370. The molecule has 158 valence electrons. The fourth-order valence-electron chi connectivity index (χ4n) is 4.64. The van der Waals surface area contributed by atoms with Gasteiger partial charge in [0.25, 0.3) is 5.56 Å². The van der Waals surface area contributed by atoms with Crippen LogP contribution in [0.25, 0.3) is 10.9 Å². The SMILES string of the molecule is CN1CCc2c([nH]c3ccccc23)[C@H]1c1c(O)n(CCc2ccccc2)c(=O)[nH]c1=O. The molecule has 31 heavy (non-hydrogen) atoms. The second-order valence-electron chi connectivity index (χ2n) is 8.08. The summed E-state index contributed by atoms with van der Waals surface area (Å²) in [7, 11) is 1.93. The van der Waals surface area contributed by atoms with Gasteiger partial charge in [-0.1, -0.05) is 48.5 Å². The van der Waals surface area contributed by atoms with Gasteiger partial charge in [-0.3, -0.25) is 19.2 Å². The van der Waals surface area contributed by atoms with Gasteiger partial charge in [0.1, 0.15) is 5.56 Å². The number of nitrogens with zero attached hydrogens (tertiary/aromatic N) is 2. The van der Waals surface area contributed by atoms with Crippen LogP contribution >= 0.6 is 0 Å². The number of fused-ring (bicyclic) bond motifs is 3. The first-order valence-corrected chi connectivity index (χ1v) is 10.4. The molecule has 0 aliphatic carbocycles. The zero-order chi connectivity index (χ0) is 21.5. The average Bonchev–Trinajstić information content (AvgIpc) is 3.14. The van der Waals surface area contributed by atoms with Crippen molar-refractivity contribution >= 4 is 10.9 Å². The van der Waals surface area contributed by atoms with Gasteiger partial charge in [0.15, 0.2) is 0 Å². The van der Waals surface area contributed by atoms with E-state index >= 15 is 0 Å². The van der Waals surface area contributed by atoms with Gasteiger partial charge in [0, 0.05) is 29.7 Å². The zero-order valence-corrected chi connectivity index (χ0v) is 17.3. The Morgan fingerprint density at radius 1 is 1.03 bits per heavy atom. The van der Waals surface area contributed by atoms with Gasteiger partial charge < -0.3 is 10.1 Å². The second-order valence-corrected chi connectivity index (χ2v) is 8.08. The highest BCUT2D eigenvalue weighted by atomic mass is 16.3. The second kappa shape index (κ2) is 7.59. The number of hydrogen-bond donors (Lipinski definition) is 3. The van der Waals surface area contributed by atoms with Crippen molar-refractivity contribution in [1.82, 2.24) is 19.4 Å². The largest absolute Gasteiger partial charge is 0.494 e. The number of likely N-dealkylation sites (N-methyl/N-ethyl adjacent to an activating group) is 1. The Morgan fingerprint density at radius 3 is 2.58 bits per heavy atom. The minimum atomic E-state index is -0.600. The number of aromatic amines is 2. The Labute approximate surface area is 178 Å². The molecule has 4 aromatic rings. The molecular formula is C24H24N4O3. The van der Waals surface area contributed by atoms with E-state index in [1.165, 1.54) is 4.57 Å². The lowest BCUT2D eigenvalue weighted by atomic mass is 9.94. The molecule has 0 amide bonds. The molecule has 0 radical (unpaired) electrons. The molecular weight excluding hydrogens is 392 g/mol. The smallest absolute Gasteiger partial charge is 0.331 e. The lowest BCUT2D eigenvalue weighted by Gasteiger charge is -2.33. The van der Waals surface area contributed by atoms with Crippen LogP contribution in [0.4, 0.5) is 0 Å². The third kappa shape index (κ3) is 3.27. The number of H-pyrrole nitrogens is 2. The molecule has 2 aromatic carbocycles. The molecule has 0 saturated carbocycles. The third-order valence-corrected chi connectivity index (χ3v) is 6.22. The molecule has 0 bridgehead atoms. The molecule has 1 aliphatic heterocycles. The molecule has 0 fully saturated rings. The van der Waals surface area contributed by atoms with Crippen LogP contribution in [0.5, 0.6) is 5.88 Å². The number of aryl methyl sites for hydroxylation is 1. The van der Waals surface area contributed by atoms with E-state index in [1.807, 2.05) is 60.5 Å². The number of hydrogen-bond acceptors (Lipinski definition) is 4. The number of benzene rings is 2. The van der Waals surface area contributed by atoms with Crippen molar-refractivity contribution < 1.29 is 5.11 Å². The molecule has 5 rings (SSSR count). The Kier molecular flexibility index (Phi) is 4.75. The fourth-order valence-corrected chi connectivity index (χ4v) is 4.64. The number of rotatable bonds is 4. The molecule has 3 heterocycles. The van der Waals surface area contributed by atoms with Crippen LogP contribution in [0.3, 0.4) is 0 Å². The van der Waals surface area contributed by atoms with E-state index in [2.05, 4.69) is 16.0 Å². The van der Waals surface area contributed by atoms with Crippen molar-refractivity contribution in [2.24, 2.45) is 0 Å². The molecule has 7 nitrogen and oxygen atoms in total. The van der Waals surface area contributed by atoms with E-state index in [0.29, 0.717) is 6.42 Å². The summed E-state index contributed by atoms with van der Waals surface area (Å²) in [5.41, 5.74) is 3.14. The molecule has 1 atom stereocenters. The minimum Gasteiger partial charge on any atom is -0.494 e. The number of nitrogens with one attached hydrogen (secondary N) is 2. The number of aromatic nitrogens is 3. The molecule has 0 unspecified atom stereocenters. The highest BCUT2D eigenvalue weighted by molar-refractivity contribution is 5.85. The maximum Gasteiger partial charge on any atom is 0.331 e. The van der Waals surface area contributed by atoms with Crippen LogP contribution in [0.2, 0.25) is 0 Å². The maximum atomic E-state index is 12.9. The normalized spacial score (nSPS) is 16.5. The highest BCUT2D eigenvalue weighted by Gasteiger charge is 2.34. The third-order valence-electron chi connectivity index (χ3n) is 6.22. The first kappa shape index (κ1) is 19.4. The van der Waals surface area contributed by atoms with E-state index < -0.39 is 17.3 Å². The Morgan fingerprint density at radius 2 is 1.77 bits per heavy atom. The van der Waals surface area contributed by atoms with Gasteiger partial charge in [-0.25, -0.2) is 4.79 Å². The van der Waals surface area contributed by atoms with E-state index in [1.54, 1.807) is 0 Å². The van der Waals surface area contributed by atoms with Gasteiger partial charge in [-0.15, -0.1) is 0 Å². The lowest BCUT2D eigenvalue weighted by molar-refractivity contribution is 0.250. The molecule has 1 aliphatic rings. The molecule has 0 spiro atoms. The summed E-state index contributed by atoms with van der Waals surface area (Å²) in [5, 5.41) is 12.2. The van der Waals surface area contributed by atoms with Crippen molar-refractivity contribution in [3.05, 3.63) is 97.8 Å². The number of aromatic hydroxyl groups is 1.